The molecule has 1 aliphatic heterocycles. The fraction of sp³-hybridized carbons (Fsp3) is 0.400. The minimum atomic E-state index is -0.693. The molecule has 47 heavy (non-hydrogen) atoms. The molecule has 0 atom stereocenters. The van der Waals surface area contributed by atoms with Gasteiger partial charge in [-0.3, -0.25) is 24.3 Å². The number of carbonyl (C=O) groups excluding carboxylic acids is 1. The number of nitrogens with two attached hydrogens (primary N) is 1. The number of anilines is 2. The van der Waals surface area contributed by atoms with Crippen LogP contribution in [0.2, 0.25) is 0 Å². The van der Waals surface area contributed by atoms with Gasteiger partial charge < -0.3 is 35.5 Å². The number of aromatic nitrogens is 7. The summed E-state index contributed by atoms with van der Waals surface area (Å²) >= 11 is 0. The van der Waals surface area contributed by atoms with Crippen molar-refractivity contribution in [2.75, 3.05) is 43.5 Å². The number of hydroxylamine groups is 1. The Morgan fingerprint density at radius 3 is 2.57 bits per heavy atom. The highest BCUT2D eigenvalue weighted by Gasteiger charge is 2.21. The lowest BCUT2D eigenvalue weighted by atomic mass is 9.97. The van der Waals surface area contributed by atoms with Crippen molar-refractivity contribution in [3.8, 4) is 0 Å². The summed E-state index contributed by atoms with van der Waals surface area (Å²) in [5.74, 6) is 0.630. The van der Waals surface area contributed by atoms with Gasteiger partial charge in [-0.1, -0.05) is 18.2 Å². The smallest absolute Gasteiger partial charge is 0.280 e. The quantitative estimate of drug-likeness (QED) is 0.0745. The van der Waals surface area contributed by atoms with E-state index in [9.17, 15) is 9.59 Å². The number of amides is 1. The number of hydrogen-bond donors (Lipinski definition) is 7. The Morgan fingerprint density at radius 2 is 1.87 bits per heavy atom. The highest BCUT2D eigenvalue weighted by atomic mass is 16.5. The van der Waals surface area contributed by atoms with Crippen LogP contribution >= 0.6 is 0 Å². The predicted octanol–water partition coefficient (Wildman–Crippen LogP) is 0.123. The Hall–Kier alpha value is -4.94. The van der Waals surface area contributed by atoms with Crippen molar-refractivity contribution in [1.29, 1.82) is 0 Å². The van der Waals surface area contributed by atoms with Crippen LogP contribution < -0.4 is 27.0 Å². The van der Waals surface area contributed by atoms with Crippen LogP contribution in [0.15, 0.2) is 54.0 Å². The fourth-order valence-electron chi connectivity index (χ4n) is 5.39. The third-order valence-corrected chi connectivity index (χ3v) is 7.98. The molecule has 1 fully saturated rings. The van der Waals surface area contributed by atoms with Crippen LogP contribution in [-0.2, 0) is 25.1 Å². The molecule has 6 rings (SSSR count). The van der Waals surface area contributed by atoms with Crippen molar-refractivity contribution < 1.29 is 25.0 Å². The number of hydrogen-bond acceptors (Lipinski definition) is 13. The van der Waals surface area contributed by atoms with Gasteiger partial charge in [-0.25, -0.2) is 20.4 Å². The largest absolute Gasteiger partial charge is 0.394 e. The number of benzene rings is 1. The van der Waals surface area contributed by atoms with Crippen LogP contribution in [-0.4, -0.2) is 94.3 Å². The number of ether oxygens (including phenoxy) is 1. The van der Waals surface area contributed by atoms with E-state index >= 15 is 0 Å². The average Bonchev–Trinajstić information content (AvgIpc) is 3.66. The standard InChI is InChI=1S/C21H26N6O2.C9H13N5O4/c1-26-14-17(18-4-2-3-5-19(18)26)11-22-10-15-6-8-27(9-7-15)21-23-12-16(13-24-21)20(28)25-29;10-9-12-7-6(8(17)13-9)11-3-14(7)4-18-5(1-15)2-16/h2-5,12-15,22,29H,6-11H2,1H3,(H,25,28);3,5,15-16H,1-2,4H2,(H3,10,12,13,17). The summed E-state index contributed by atoms with van der Waals surface area (Å²) in [4.78, 5) is 43.7. The second-order valence-corrected chi connectivity index (χ2v) is 11.2. The second-order valence-electron chi connectivity index (χ2n) is 11.2. The van der Waals surface area contributed by atoms with Crippen molar-refractivity contribution >= 4 is 39.9 Å². The number of imidazole rings is 1. The first-order valence-electron chi connectivity index (χ1n) is 15.1. The molecule has 0 radical (unpaired) electrons. The molecular weight excluding hydrogens is 610 g/mol. The van der Waals surface area contributed by atoms with Gasteiger partial charge in [0.2, 0.25) is 11.9 Å². The Bertz CT molecular complexity index is 1830. The SMILES string of the molecule is Cn1cc(CNCC2CCN(c3ncc(C(=O)NO)cn3)CC2)c2ccccc21.Nc1nc2c(ncn2COC(CO)CO)c(=O)[nH]1. The molecule has 0 unspecified atom stereocenters. The zero-order valence-electron chi connectivity index (χ0n) is 25.9. The number of aromatic amines is 1. The molecule has 1 aromatic carbocycles. The van der Waals surface area contributed by atoms with Crippen molar-refractivity contribution in [3.05, 3.63) is 70.7 Å². The minimum absolute atomic E-state index is 0.00181. The van der Waals surface area contributed by atoms with E-state index < -0.39 is 17.6 Å². The van der Waals surface area contributed by atoms with Gasteiger partial charge in [0, 0.05) is 56.2 Å². The highest BCUT2D eigenvalue weighted by molar-refractivity contribution is 5.92. The third-order valence-electron chi connectivity index (χ3n) is 7.98. The van der Waals surface area contributed by atoms with E-state index in [1.165, 1.54) is 39.8 Å². The summed E-state index contributed by atoms with van der Waals surface area (Å²) in [6.45, 7) is 3.04. The lowest BCUT2D eigenvalue weighted by Crippen LogP contribution is -2.38. The van der Waals surface area contributed by atoms with E-state index in [1.54, 1.807) is 5.48 Å². The van der Waals surface area contributed by atoms with Gasteiger partial charge in [-0.15, -0.1) is 0 Å². The number of aliphatic hydroxyl groups is 2. The van der Waals surface area contributed by atoms with Gasteiger partial charge in [0.05, 0.1) is 25.1 Å². The maximum absolute atomic E-state index is 11.5. The Kier molecular flexibility index (Phi) is 11.1. The number of H-pyrrole nitrogens is 1. The molecule has 0 bridgehead atoms. The first kappa shape index (κ1) is 33.4. The number of nitrogens with one attached hydrogen (secondary N) is 3. The molecule has 250 valence electrons. The van der Waals surface area contributed by atoms with Crippen molar-refractivity contribution in [2.24, 2.45) is 13.0 Å². The van der Waals surface area contributed by atoms with Gasteiger partial charge in [-0.2, -0.15) is 4.98 Å². The molecule has 1 aliphatic rings. The fourth-order valence-corrected chi connectivity index (χ4v) is 5.39. The lowest BCUT2D eigenvalue weighted by molar-refractivity contribution is -0.0488. The van der Waals surface area contributed by atoms with Crippen molar-refractivity contribution in [3.63, 3.8) is 0 Å². The zero-order valence-corrected chi connectivity index (χ0v) is 25.9. The normalized spacial score (nSPS) is 13.7. The van der Waals surface area contributed by atoms with Gasteiger partial charge in [0.25, 0.3) is 11.5 Å². The molecule has 4 aromatic heterocycles. The van der Waals surface area contributed by atoms with Crippen LogP contribution in [0.25, 0.3) is 22.1 Å². The zero-order chi connectivity index (χ0) is 33.3. The lowest BCUT2D eigenvalue weighted by Gasteiger charge is -2.32. The van der Waals surface area contributed by atoms with E-state index in [0.717, 1.165) is 39.0 Å². The third kappa shape index (κ3) is 8.08. The number of para-hydroxylation sites is 1. The summed E-state index contributed by atoms with van der Waals surface area (Å²) in [5, 5.41) is 31.3. The molecule has 5 aromatic rings. The molecule has 0 aliphatic carbocycles. The summed E-state index contributed by atoms with van der Waals surface area (Å²) in [5.41, 5.74) is 9.86. The number of carbonyl (C=O) groups is 1. The molecule has 0 spiro atoms. The summed E-state index contributed by atoms with van der Waals surface area (Å²) in [6, 6.07) is 8.50. The number of nitrogen functional groups attached to an aromatic ring is 1. The average molecular weight is 650 g/mol. The van der Waals surface area contributed by atoms with E-state index in [2.05, 4.69) is 77.2 Å². The van der Waals surface area contributed by atoms with Crippen LogP contribution in [0.4, 0.5) is 11.9 Å². The van der Waals surface area contributed by atoms with Gasteiger partial charge in [0.15, 0.2) is 11.2 Å². The van der Waals surface area contributed by atoms with Gasteiger partial charge in [0.1, 0.15) is 12.8 Å². The molecule has 8 N–H and O–H groups in total. The van der Waals surface area contributed by atoms with Crippen molar-refractivity contribution in [1.82, 2.24) is 44.9 Å². The number of nitrogens with zero attached hydrogens (tertiary/aromatic N) is 7. The summed E-state index contributed by atoms with van der Waals surface area (Å²) < 4.78 is 8.84. The van der Waals surface area contributed by atoms with E-state index in [1.807, 2.05) is 0 Å². The number of aliphatic hydroxyl groups excluding tert-OH is 2. The minimum Gasteiger partial charge on any atom is -0.394 e. The van der Waals surface area contributed by atoms with Crippen LogP contribution in [0.1, 0.15) is 28.8 Å². The molecule has 5 heterocycles. The maximum atomic E-state index is 11.5. The number of rotatable bonds is 11. The predicted molar refractivity (Wildman–Crippen MR) is 172 cm³/mol. The van der Waals surface area contributed by atoms with Crippen LogP contribution in [0.3, 0.4) is 0 Å². The Labute approximate surface area is 269 Å². The van der Waals surface area contributed by atoms with Crippen LogP contribution in [0, 0.1) is 5.92 Å². The molecule has 1 saturated heterocycles. The highest BCUT2D eigenvalue weighted by Crippen LogP contribution is 2.22. The first-order chi connectivity index (χ1) is 22.8. The van der Waals surface area contributed by atoms with Gasteiger partial charge in [-0.05, 0) is 36.9 Å². The number of fused-ring (bicyclic) bond motifs is 2. The molecular formula is C30H39N11O6. The summed E-state index contributed by atoms with van der Waals surface area (Å²) in [6.07, 6.45) is 7.91. The van der Waals surface area contributed by atoms with Crippen molar-refractivity contribution in [2.45, 2.75) is 32.2 Å². The first-order valence-corrected chi connectivity index (χ1v) is 15.1. The molecule has 0 saturated carbocycles. The van der Waals surface area contributed by atoms with Crippen LogP contribution in [0.5, 0.6) is 0 Å². The van der Waals surface area contributed by atoms with E-state index in [4.69, 9.17) is 25.9 Å². The summed E-state index contributed by atoms with van der Waals surface area (Å²) in [7, 11) is 2.09. The number of piperidine rings is 1. The van der Waals surface area contributed by atoms with E-state index in [0.29, 0.717) is 11.9 Å². The monoisotopic (exact) mass is 649 g/mol. The van der Waals surface area contributed by atoms with Gasteiger partial charge >= 0.3 is 0 Å². The van der Waals surface area contributed by atoms with E-state index in [-0.39, 0.29) is 42.6 Å². The maximum Gasteiger partial charge on any atom is 0.280 e. The second kappa shape index (κ2) is 15.6. The molecule has 1 amide bonds. The Morgan fingerprint density at radius 1 is 1.15 bits per heavy atom. The Balaban J connectivity index is 0.000000207. The molecule has 17 nitrogen and oxygen atoms in total. The topological polar surface area (TPSA) is 235 Å². The number of aryl methyl sites for hydroxylation is 1. The molecule has 17 heteroatoms.